The molecule has 0 saturated heterocycles. The van der Waals surface area contributed by atoms with Gasteiger partial charge in [-0.2, -0.15) is 5.10 Å². The van der Waals surface area contributed by atoms with Gasteiger partial charge in [0.05, 0.1) is 17.2 Å². The molecule has 0 aliphatic heterocycles. The number of aromatic nitrogens is 2. The topological polar surface area (TPSA) is 99.3 Å². The molecular weight excluding hydrogens is 331 g/mol. The summed E-state index contributed by atoms with van der Waals surface area (Å²) in [7, 11) is 0. The minimum Gasteiger partial charge on any atom is -0.474 e. The number of anilines is 1. The van der Waals surface area contributed by atoms with Gasteiger partial charge in [-0.1, -0.05) is 6.92 Å². The number of ether oxygens (including phenoxy) is 1. The smallest absolute Gasteiger partial charge is 0.311 e. The van der Waals surface area contributed by atoms with E-state index in [1.54, 1.807) is 16.9 Å². The first kappa shape index (κ1) is 18.4. The quantitative estimate of drug-likeness (QED) is 0.610. The van der Waals surface area contributed by atoms with E-state index in [-0.39, 0.29) is 11.8 Å². The van der Waals surface area contributed by atoms with Gasteiger partial charge in [0.15, 0.2) is 6.10 Å². The molecule has 0 unspecified atom stereocenters. The van der Waals surface area contributed by atoms with E-state index >= 15 is 0 Å². The van der Waals surface area contributed by atoms with E-state index in [0.29, 0.717) is 5.82 Å². The van der Waals surface area contributed by atoms with E-state index in [1.165, 1.54) is 6.92 Å². The lowest BCUT2D eigenvalue weighted by Gasteiger charge is -2.17. The van der Waals surface area contributed by atoms with Crippen LogP contribution in [0.1, 0.15) is 33.2 Å². The predicted molar refractivity (Wildman–Crippen MR) is 89.0 cm³/mol. The summed E-state index contributed by atoms with van der Waals surface area (Å²) in [6.45, 7) is 5.37. The molecule has 2 aromatic rings. The van der Waals surface area contributed by atoms with E-state index in [0.717, 1.165) is 24.6 Å². The largest absolute Gasteiger partial charge is 0.474 e. The molecular formula is C16H19FN4O4. The molecule has 8 nitrogen and oxygen atoms in total. The van der Waals surface area contributed by atoms with Gasteiger partial charge in [0.2, 0.25) is 5.75 Å². The Morgan fingerprint density at radius 1 is 1.44 bits per heavy atom. The molecule has 0 aliphatic carbocycles. The van der Waals surface area contributed by atoms with Crippen LogP contribution in [0.25, 0.3) is 0 Å². The zero-order chi connectivity index (χ0) is 18.6. The molecule has 9 heteroatoms. The number of carbonyl (C=O) groups excluding carboxylic acids is 1. The summed E-state index contributed by atoms with van der Waals surface area (Å²) < 4.78 is 20.3. The van der Waals surface area contributed by atoms with Gasteiger partial charge < -0.3 is 10.1 Å². The maximum Gasteiger partial charge on any atom is 0.311 e. The molecule has 0 saturated carbocycles. The summed E-state index contributed by atoms with van der Waals surface area (Å²) in [5.41, 5.74) is -0.411. The average molecular weight is 350 g/mol. The number of hydrogen-bond acceptors (Lipinski definition) is 5. The molecule has 1 amide bonds. The highest BCUT2D eigenvalue weighted by molar-refractivity contribution is 5.93. The van der Waals surface area contributed by atoms with Crippen molar-refractivity contribution in [2.24, 2.45) is 0 Å². The normalized spacial score (nSPS) is 13.1. The minimum atomic E-state index is -1.07. The summed E-state index contributed by atoms with van der Waals surface area (Å²) in [5.74, 6) is -1.03. The number of nitrogens with zero attached hydrogens (tertiary/aromatic N) is 3. The highest BCUT2D eigenvalue weighted by atomic mass is 19.1. The molecule has 0 radical (unpaired) electrons. The van der Waals surface area contributed by atoms with Crippen molar-refractivity contribution >= 4 is 17.4 Å². The van der Waals surface area contributed by atoms with Gasteiger partial charge in [0.25, 0.3) is 5.91 Å². The third-order valence-electron chi connectivity index (χ3n) is 3.72. The molecule has 25 heavy (non-hydrogen) atoms. The second-order valence-electron chi connectivity index (χ2n) is 5.54. The molecule has 2 rings (SSSR count). The van der Waals surface area contributed by atoms with Crippen molar-refractivity contribution in [1.82, 2.24) is 9.78 Å². The summed E-state index contributed by atoms with van der Waals surface area (Å²) >= 11 is 0. The third-order valence-corrected chi connectivity index (χ3v) is 3.72. The van der Waals surface area contributed by atoms with Crippen LogP contribution in [0.4, 0.5) is 15.9 Å². The number of benzene rings is 1. The van der Waals surface area contributed by atoms with E-state index in [1.807, 2.05) is 13.8 Å². The summed E-state index contributed by atoms with van der Waals surface area (Å²) in [5, 5.41) is 17.8. The first-order chi connectivity index (χ1) is 11.8. The van der Waals surface area contributed by atoms with Gasteiger partial charge in [-0.15, -0.1) is 0 Å². The predicted octanol–water partition coefficient (Wildman–Crippen LogP) is 3.31. The van der Waals surface area contributed by atoms with E-state index in [2.05, 4.69) is 10.4 Å². The van der Waals surface area contributed by atoms with Gasteiger partial charge in [0, 0.05) is 18.2 Å². The Kier molecular flexibility index (Phi) is 5.68. The van der Waals surface area contributed by atoms with Crippen molar-refractivity contribution in [3.05, 3.63) is 46.4 Å². The number of halogens is 1. The second kappa shape index (κ2) is 7.73. The maximum atomic E-state index is 13.3. The van der Waals surface area contributed by atoms with Crippen LogP contribution < -0.4 is 10.1 Å². The fraction of sp³-hybridized carbons (Fsp3) is 0.375. The Hall–Kier alpha value is -2.97. The van der Waals surface area contributed by atoms with E-state index < -0.39 is 28.4 Å². The first-order valence-electron chi connectivity index (χ1n) is 7.78. The molecule has 134 valence electrons. The number of carbonyl (C=O) groups is 1. The van der Waals surface area contributed by atoms with Crippen molar-refractivity contribution < 1.29 is 18.8 Å². The Morgan fingerprint density at radius 2 is 2.16 bits per heavy atom. The first-order valence-corrected chi connectivity index (χ1v) is 7.78. The Bertz CT molecular complexity index is 777. The van der Waals surface area contributed by atoms with Crippen LogP contribution in [0.2, 0.25) is 0 Å². The second-order valence-corrected chi connectivity index (χ2v) is 5.54. The van der Waals surface area contributed by atoms with Gasteiger partial charge in [-0.25, -0.2) is 9.07 Å². The third kappa shape index (κ3) is 4.31. The molecule has 1 aromatic carbocycles. The monoisotopic (exact) mass is 350 g/mol. The number of nitro benzene ring substituents is 1. The van der Waals surface area contributed by atoms with E-state index in [9.17, 15) is 19.3 Å². The molecule has 0 bridgehead atoms. The van der Waals surface area contributed by atoms with Crippen LogP contribution in [0.5, 0.6) is 5.75 Å². The average Bonchev–Trinajstić information content (AvgIpc) is 3.01. The van der Waals surface area contributed by atoms with Gasteiger partial charge >= 0.3 is 5.69 Å². The Labute approximate surface area is 143 Å². The lowest BCUT2D eigenvalue weighted by Crippen LogP contribution is -2.31. The minimum absolute atomic E-state index is 0.0887. The van der Waals surface area contributed by atoms with Gasteiger partial charge in [0.1, 0.15) is 11.6 Å². The molecule has 1 heterocycles. The highest BCUT2D eigenvalue weighted by Gasteiger charge is 2.23. The van der Waals surface area contributed by atoms with Crippen molar-refractivity contribution in [1.29, 1.82) is 0 Å². The van der Waals surface area contributed by atoms with Gasteiger partial charge in [-0.3, -0.25) is 14.9 Å². The summed E-state index contributed by atoms with van der Waals surface area (Å²) in [4.78, 5) is 22.6. The molecule has 1 N–H and O–H groups in total. The van der Waals surface area contributed by atoms with Crippen LogP contribution in [-0.2, 0) is 4.79 Å². The van der Waals surface area contributed by atoms with Crippen LogP contribution in [-0.4, -0.2) is 26.7 Å². The standard InChI is InChI=1S/C16H19FN4O4/c1-4-10(2)20-15(7-8-18-20)19-16(22)11(3)25-14-9-12(17)5-6-13(14)21(23)24/h5-11H,4H2,1-3H3,(H,19,22)/t10-,11-/m1/s1. The van der Waals surface area contributed by atoms with Crippen LogP contribution >= 0.6 is 0 Å². The number of nitro groups is 1. The SMILES string of the molecule is CC[C@@H](C)n1nccc1NC(=O)[C@@H](C)Oc1cc(F)ccc1[N+](=O)[O-]. The Balaban J connectivity index is 2.13. The zero-order valence-electron chi connectivity index (χ0n) is 14.1. The van der Waals surface area contributed by atoms with Crippen LogP contribution in [0, 0.1) is 15.9 Å². The van der Waals surface area contributed by atoms with E-state index in [4.69, 9.17) is 4.74 Å². The highest BCUT2D eigenvalue weighted by Crippen LogP contribution is 2.28. The fourth-order valence-corrected chi connectivity index (χ4v) is 2.14. The van der Waals surface area contributed by atoms with Crippen molar-refractivity contribution in [3.8, 4) is 5.75 Å². The van der Waals surface area contributed by atoms with Crippen molar-refractivity contribution in [2.45, 2.75) is 39.3 Å². The van der Waals surface area contributed by atoms with Crippen LogP contribution in [0.15, 0.2) is 30.5 Å². The number of hydrogen-bond donors (Lipinski definition) is 1. The molecule has 1 aromatic heterocycles. The number of rotatable bonds is 7. The summed E-state index contributed by atoms with van der Waals surface area (Å²) in [6.07, 6.45) is 1.32. The number of nitrogens with one attached hydrogen (secondary N) is 1. The fourth-order valence-electron chi connectivity index (χ4n) is 2.14. The van der Waals surface area contributed by atoms with Crippen molar-refractivity contribution in [2.75, 3.05) is 5.32 Å². The molecule has 0 aliphatic rings. The molecule has 0 spiro atoms. The van der Waals surface area contributed by atoms with Crippen LogP contribution in [0.3, 0.4) is 0 Å². The number of amides is 1. The molecule has 0 fully saturated rings. The Morgan fingerprint density at radius 3 is 2.80 bits per heavy atom. The lowest BCUT2D eigenvalue weighted by molar-refractivity contribution is -0.386. The molecule has 2 atom stereocenters. The summed E-state index contributed by atoms with van der Waals surface area (Å²) in [6, 6.07) is 4.56. The van der Waals surface area contributed by atoms with Crippen molar-refractivity contribution in [3.63, 3.8) is 0 Å². The maximum absolute atomic E-state index is 13.3. The zero-order valence-corrected chi connectivity index (χ0v) is 14.1. The lowest BCUT2D eigenvalue weighted by atomic mass is 10.2. The van der Waals surface area contributed by atoms with Gasteiger partial charge in [-0.05, 0) is 26.3 Å².